The molecule has 0 aliphatic carbocycles. The number of carbonyl (C=O) groups excluding carboxylic acids is 2. The number of amides is 2. The van der Waals surface area contributed by atoms with Crippen LogP contribution in [0, 0.1) is 5.92 Å². The van der Waals surface area contributed by atoms with Crippen LogP contribution in [0.1, 0.15) is 67.7 Å². The van der Waals surface area contributed by atoms with E-state index in [0.29, 0.717) is 32.8 Å². The Bertz CT molecular complexity index is 597. The maximum atomic E-state index is 12.5. The highest BCUT2D eigenvalue weighted by Crippen LogP contribution is 2.30. The lowest BCUT2D eigenvalue weighted by atomic mass is 9.83. The summed E-state index contributed by atoms with van der Waals surface area (Å²) in [5.74, 6) is 0.253. The van der Waals surface area contributed by atoms with Gasteiger partial charge in [-0.2, -0.15) is 0 Å². The summed E-state index contributed by atoms with van der Waals surface area (Å²) in [5.41, 5.74) is 1.48. The molecule has 35 heavy (non-hydrogen) atoms. The van der Waals surface area contributed by atoms with Crippen molar-refractivity contribution in [3.63, 3.8) is 0 Å². The molecule has 0 aliphatic rings. The Balaban J connectivity index is -0.000000737. The van der Waals surface area contributed by atoms with E-state index >= 15 is 0 Å². The largest absolute Gasteiger partial charge is 0.450 e. The Morgan fingerprint density at radius 2 is 1.23 bits per heavy atom. The second-order valence-electron chi connectivity index (χ2n) is 8.37. The van der Waals surface area contributed by atoms with Gasteiger partial charge in [0.25, 0.3) is 0 Å². The van der Waals surface area contributed by atoms with E-state index in [1.54, 1.807) is 16.7 Å². The molecule has 0 spiro atoms. The molecule has 0 bridgehead atoms. The molecule has 0 aromatic heterocycles. The van der Waals surface area contributed by atoms with E-state index < -0.39 is 0 Å². The first-order chi connectivity index (χ1) is 16.5. The minimum absolute atomic E-state index is 0.253. The van der Waals surface area contributed by atoms with Gasteiger partial charge in [0.2, 0.25) is 0 Å². The molecule has 0 heterocycles. The summed E-state index contributed by atoms with van der Waals surface area (Å²) in [6.45, 7) is 41.9. The molecule has 0 saturated carbocycles. The first kappa shape index (κ1) is 39.5. The molecular formula is C29H54N2O4. The Morgan fingerprint density at radius 1 is 0.800 bits per heavy atom. The van der Waals surface area contributed by atoms with Crippen molar-refractivity contribution in [2.45, 2.75) is 73.3 Å². The van der Waals surface area contributed by atoms with Gasteiger partial charge in [-0.1, -0.05) is 37.6 Å². The van der Waals surface area contributed by atoms with Crippen LogP contribution in [0.25, 0.3) is 0 Å². The normalized spacial score (nSPS) is 10.4. The van der Waals surface area contributed by atoms with Crippen LogP contribution in [0.3, 0.4) is 0 Å². The van der Waals surface area contributed by atoms with Crippen molar-refractivity contribution in [1.82, 2.24) is 9.80 Å². The highest BCUT2D eigenvalue weighted by molar-refractivity contribution is 5.69. The van der Waals surface area contributed by atoms with E-state index in [-0.39, 0.29) is 23.6 Å². The van der Waals surface area contributed by atoms with Gasteiger partial charge in [-0.3, -0.25) is 4.90 Å². The lowest BCUT2D eigenvalue weighted by Gasteiger charge is -2.42. The highest BCUT2D eigenvalue weighted by atomic mass is 16.6. The van der Waals surface area contributed by atoms with Crippen molar-refractivity contribution in [1.29, 1.82) is 0 Å². The molecule has 6 nitrogen and oxygen atoms in total. The van der Waals surface area contributed by atoms with Gasteiger partial charge in [0.1, 0.15) is 0 Å². The summed E-state index contributed by atoms with van der Waals surface area (Å²) in [6.07, 6.45) is 2.15. The molecule has 0 aliphatic heterocycles. The number of ether oxygens (including phenoxy) is 2. The van der Waals surface area contributed by atoms with Gasteiger partial charge in [0, 0.05) is 25.2 Å². The van der Waals surface area contributed by atoms with Crippen LogP contribution in [0.5, 0.6) is 0 Å². The van der Waals surface area contributed by atoms with E-state index in [1.165, 1.54) is 0 Å². The predicted octanol–water partition coefficient (Wildman–Crippen LogP) is 8.05. The zero-order chi connectivity index (χ0) is 28.6. The number of nitrogens with zero attached hydrogens (tertiary/aromatic N) is 2. The number of carbonyl (C=O) groups is 2. The first-order valence-electron chi connectivity index (χ1n) is 12.1. The highest BCUT2D eigenvalue weighted by Gasteiger charge is 2.36. The van der Waals surface area contributed by atoms with Crippen molar-refractivity contribution < 1.29 is 19.1 Å². The lowest BCUT2D eigenvalue weighted by molar-refractivity contribution is 0.0448. The quantitative estimate of drug-likeness (QED) is 0.192. The minimum Gasteiger partial charge on any atom is -0.450 e. The zero-order valence-electron chi connectivity index (χ0n) is 23.9. The van der Waals surface area contributed by atoms with Crippen molar-refractivity contribution in [2.75, 3.05) is 32.8 Å². The maximum Gasteiger partial charge on any atom is 0.410 e. The molecule has 6 heteroatoms. The average Bonchev–Trinajstić information content (AvgIpc) is 2.82. The SMILES string of the molecule is C=C.C=C.C=C.C=C(C)CN(CCCCC(C)C(C)(C)N(CC(=C)C)C(=O)OCC)C(=O)OCC. The predicted molar refractivity (Wildman–Crippen MR) is 153 cm³/mol. The number of hydrogen-bond donors (Lipinski definition) is 0. The van der Waals surface area contributed by atoms with Crippen LogP contribution in [-0.4, -0.2) is 60.4 Å². The minimum atomic E-state index is -0.371. The van der Waals surface area contributed by atoms with Crippen LogP contribution in [0.15, 0.2) is 63.8 Å². The summed E-state index contributed by atoms with van der Waals surface area (Å²) in [6, 6.07) is 0. The number of unbranched alkanes of at least 4 members (excludes halogenated alkanes) is 1. The Kier molecular flexibility index (Phi) is 27.5. The molecule has 2 amide bonds. The molecule has 1 unspecified atom stereocenters. The van der Waals surface area contributed by atoms with Crippen LogP contribution in [0.2, 0.25) is 0 Å². The molecule has 204 valence electrons. The fourth-order valence-electron chi connectivity index (χ4n) is 3.12. The van der Waals surface area contributed by atoms with Crippen LogP contribution >= 0.6 is 0 Å². The van der Waals surface area contributed by atoms with Crippen LogP contribution < -0.4 is 0 Å². The summed E-state index contributed by atoms with van der Waals surface area (Å²) < 4.78 is 10.4. The van der Waals surface area contributed by atoms with Gasteiger partial charge < -0.3 is 14.4 Å². The summed E-state index contributed by atoms with van der Waals surface area (Å²) in [7, 11) is 0. The van der Waals surface area contributed by atoms with Crippen molar-refractivity contribution in [3.05, 3.63) is 63.8 Å². The second-order valence-corrected chi connectivity index (χ2v) is 8.37. The fourth-order valence-corrected chi connectivity index (χ4v) is 3.12. The molecular weight excluding hydrogens is 440 g/mol. The molecule has 1 atom stereocenters. The van der Waals surface area contributed by atoms with Crippen molar-refractivity contribution in [3.8, 4) is 0 Å². The molecule has 0 radical (unpaired) electrons. The van der Waals surface area contributed by atoms with Crippen molar-refractivity contribution in [2.24, 2.45) is 5.92 Å². The van der Waals surface area contributed by atoms with Crippen molar-refractivity contribution >= 4 is 12.2 Å². The lowest BCUT2D eigenvalue weighted by Crippen LogP contribution is -2.52. The number of hydrogen-bond acceptors (Lipinski definition) is 4. The van der Waals surface area contributed by atoms with Gasteiger partial charge in [0.15, 0.2) is 0 Å². The Hall–Kier alpha value is -2.76. The summed E-state index contributed by atoms with van der Waals surface area (Å²) in [5, 5.41) is 0. The van der Waals surface area contributed by atoms with Gasteiger partial charge in [-0.25, -0.2) is 9.59 Å². The molecule has 0 saturated heterocycles. The third kappa shape index (κ3) is 18.3. The summed E-state index contributed by atoms with van der Waals surface area (Å²) >= 11 is 0. The van der Waals surface area contributed by atoms with E-state index in [2.05, 4.69) is 73.4 Å². The molecule has 0 aromatic carbocycles. The van der Waals surface area contributed by atoms with Gasteiger partial charge >= 0.3 is 12.2 Å². The average molecular weight is 495 g/mol. The number of rotatable bonds is 13. The molecule has 0 rings (SSSR count). The van der Waals surface area contributed by atoms with E-state index in [4.69, 9.17) is 9.47 Å². The molecule has 0 N–H and O–H groups in total. The van der Waals surface area contributed by atoms with Gasteiger partial charge in [-0.15, -0.1) is 39.5 Å². The first-order valence-corrected chi connectivity index (χ1v) is 12.1. The zero-order valence-corrected chi connectivity index (χ0v) is 23.9. The van der Waals surface area contributed by atoms with E-state index in [9.17, 15) is 9.59 Å². The third-order valence-corrected chi connectivity index (χ3v) is 5.12. The topological polar surface area (TPSA) is 59.1 Å². The maximum absolute atomic E-state index is 12.5. The molecule has 0 aromatic rings. The smallest absolute Gasteiger partial charge is 0.410 e. The standard InChI is InChI=1S/C23H42N2O4.3C2H4/c1-10-28-21(26)24(16-18(3)4)15-13-12-14-20(7)23(8,9)25(17-19(5)6)22(27)29-11-2;3*1-2/h20H,3,5,10-17H2,1-2,4,6-9H3;3*1-2H2. The fraction of sp³-hybridized carbons (Fsp3) is 0.586. The second kappa shape index (κ2) is 24.4. The molecule has 0 fully saturated rings. The Labute approximate surface area is 217 Å². The monoisotopic (exact) mass is 494 g/mol. The van der Waals surface area contributed by atoms with Crippen LogP contribution in [0.4, 0.5) is 9.59 Å². The Morgan fingerprint density at radius 3 is 1.63 bits per heavy atom. The van der Waals surface area contributed by atoms with Gasteiger partial charge in [-0.05, 0) is 60.3 Å². The van der Waals surface area contributed by atoms with E-state index in [0.717, 1.165) is 30.4 Å². The van der Waals surface area contributed by atoms with E-state index in [1.807, 2.05) is 20.8 Å². The third-order valence-electron chi connectivity index (χ3n) is 5.12. The van der Waals surface area contributed by atoms with Crippen LogP contribution in [-0.2, 0) is 9.47 Å². The van der Waals surface area contributed by atoms with Gasteiger partial charge in [0.05, 0.1) is 13.2 Å². The summed E-state index contributed by atoms with van der Waals surface area (Å²) in [4.78, 5) is 28.1.